The average molecular weight is 303 g/mol. The molecule has 4 N–H and O–H groups in total. The summed E-state index contributed by atoms with van der Waals surface area (Å²) in [4.78, 5) is 25.0. The summed E-state index contributed by atoms with van der Waals surface area (Å²) in [6.07, 6.45) is 3.95. The molecule has 1 atom stereocenters. The van der Waals surface area contributed by atoms with Gasteiger partial charge in [0.15, 0.2) is 0 Å². The zero-order valence-electron chi connectivity index (χ0n) is 12.4. The van der Waals surface area contributed by atoms with Gasteiger partial charge in [-0.3, -0.25) is 9.59 Å². The highest BCUT2D eigenvalue weighted by atomic mass is 16.5. The van der Waals surface area contributed by atoms with Gasteiger partial charge in [0.25, 0.3) is 0 Å². The third-order valence-corrected chi connectivity index (χ3v) is 3.54. The van der Waals surface area contributed by atoms with Crippen molar-refractivity contribution in [2.45, 2.75) is 12.5 Å². The molecule has 2 rings (SSSR count). The van der Waals surface area contributed by atoms with E-state index in [1.165, 1.54) is 6.08 Å². The second-order valence-electron chi connectivity index (χ2n) is 5.19. The van der Waals surface area contributed by atoms with Crippen LogP contribution < -0.4 is 11.5 Å². The third kappa shape index (κ3) is 4.41. The van der Waals surface area contributed by atoms with E-state index in [0.717, 1.165) is 12.0 Å². The number of hydrogen-bond acceptors (Lipinski definition) is 4. The molecule has 2 amide bonds. The lowest BCUT2D eigenvalue weighted by Gasteiger charge is -2.21. The Morgan fingerprint density at radius 3 is 2.68 bits per heavy atom. The number of carbonyl (C=O) groups is 2. The van der Waals surface area contributed by atoms with Gasteiger partial charge >= 0.3 is 0 Å². The number of benzene rings is 1. The SMILES string of the molecule is NCC1CN(C(=O)/C=C/c2ccc(C(N)=O)cc2)CCCO1. The Hall–Kier alpha value is -2.18. The van der Waals surface area contributed by atoms with Gasteiger partial charge in [-0.25, -0.2) is 0 Å². The van der Waals surface area contributed by atoms with Crippen LogP contribution in [0.5, 0.6) is 0 Å². The second kappa shape index (κ2) is 7.72. The predicted molar refractivity (Wildman–Crippen MR) is 84.0 cm³/mol. The van der Waals surface area contributed by atoms with Crippen LogP contribution in [0.2, 0.25) is 0 Å². The van der Waals surface area contributed by atoms with Crippen LogP contribution in [-0.4, -0.2) is 49.1 Å². The fourth-order valence-electron chi connectivity index (χ4n) is 2.27. The molecule has 1 aromatic rings. The van der Waals surface area contributed by atoms with Crippen LogP contribution >= 0.6 is 0 Å². The summed E-state index contributed by atoms with van der Waals surface area (Å²) in [6, 6.07) is 6.77. The highest BCUT2D eigenvalue weighted by molar-refractivity contribution is 5.94. The molecule has 22 heavy (non-hydrogen) atoms. The van der Waals surface area contributed by atoms with E-state index in [0.29, 0.717) is 31.8 Å². The van der Waals surface area contributed by atoms with Crippen LogP contribution in [-0.2, 0) is 9.53 Å². The zero-order chi connectivity index (χ0) is 15.9. The van der Waals surface area contributed by atoms with Gasteiger partial charge in [0, 0.05) is 37.9 Å². The quantitative estimate of drug-likeness (QED) is 0.785. The summed E-state index contributed by atoms with van der Waals surface area (Å²) >= 11 is 0. The van der Waals surface area contributed by atoms with E-state index in [2.05, 4.69) is 0 Å². The molecule has 6 nitrogen and oxygen atoms in total. The highest BCUT2D eigenvalue weighted by Gasteiger charge is 2.19. The molecule has 1 aromatic carbocycles. The van der Waals surface area contributed by atoms with E-state index in [-0.39, 0.29) is 12.0 Å². The fourth-order valence-corrected chi connectivity index (χ4v) is 2.27. The van der Waals surface area contributed by atoms with Crippen molar-refractivity contribution >= 4 is 17.9 Å². The van der Waals surface area contributed by atoms with Crippen molar-refractivity contribution in [2.24, 2.45) is 11.5 Å². The first kappa shape index (κ1) is 16.2. The van der Waals surface area contributed by atoms with Crippen molar-refractivity contribution in [3.63, 3.8) is 0 Å². The average Bonchev–Trinajstić information content (AvgIpc) is 2.78. The first-order chi connectivity index (χ1) is 10.6. The van der Waals surface area contributed by atoms with Crippen molar-refractivity contribution in [3.8, 4) is 0 Å². The van der Waals surface area contributed by atoms with E-state index < -0.39 is 5.91 Å². The molecule has 0 aliphatic carbocycles. The van der Waals surface area contributed by atoms with Gasteiger partial charge in [-0.05, 0) is 30.2 Å². The van der Waals surface area contributed by atoms with Crippen molar-refractivity contribution in [1.82, 2.24) is 4.90 Å². The first-order valence-corrected chi connectivity index (χ1v) is 7.28. The summed E-state index contributed by atoms with van der Waals surface area (Å²) in [5.74, 6) is -0.535. The lowest BCUT2D eigenvalue weighted by atomic mass is 10.1. The maximum absolute atomic E-state index is 12.2. The molecule has 1 aliphatic rings. The number of hydrogen-bond donors (Lipinski definition) is 2. The Labute approximate surface area is 129 Å². The number of nitrogens with zero attached hydrogens (tertiary/aromatic N) is 1. The third-order valence-electron chi connectivity index (χ3n) is 3.54. The monoisotopic (exact) mass is 303 g/mol. The Kier molecular flexibility index (Phi) is 5.68. The van der Waals surface area contributed by atoms with Gasteiger partial charge in [-0.15, -0.1) is 0 Å². The highest BCUT2D eigenvalue weighted by Crippen LogP contribution is 2.09. The molecule has 1 heterocycles. The molecular formula is C16H21N3O3. The molecule has 1 unspecified atom stereocenters. The molecular weight excluding hydrogens is 282 g/mol. The lowest BCUT2D eigenvalue weighted by molar-refractivity contribution is -0.126. The zero-order valence-corrected chi connectivity index (χ0v) is 12.4. The smallest absolute Gasteiger partial charge is 0.248 e. The molecule has 0 radical (unpaired) electrons. The normalized spacial score (nSPS) is 19.1. The number of carbonyl (C=O) groups excluding carboxylic acids is 2. The van der Waals surface area contributed by atoms with Crippen molar-refractivity contribution < 1.29 is 14.3 Å². The molecule has 0 spiro atoms. The Bertz CT molecular complexity index is 554. The van der Waals surface area contributed by atoms with Gasteiger partial charge in [0.05, 0.1) is 6.10 Å². The van der Waals surface area contributed by atoms with E-state index in [1.54, 1.807) is 35.2 Å². The molecule has 6 heteroatoms. The van der Waals surface area contributed by atoms with Crippen LogP contribution in [0.1, 0.15) is 22.3 Å². The fraction of sp³-hybridized carbons (Fsp3) is 0.375. The minimum Gasteiger partial charge on any atom is -0.375 e. The van der Waals surface area contributed by atoms with Crippen molar-refractivity contribution in [2.75, 3.05) is 26.2 Å². The number of rotatable bonds is 4. The van der Waals surface area contributed by atoms with E-state index >= 15 is 0 Å². The van der Waals surface area contributed by atoms with Crippen LogP contribution in [0.4, 0.5) is 0 Å². The van der Waals surface area contributed by atoms with Crippen molar-refractivity contribution in [3.05, 3.63) is 41.5 Å². The van der Waals surface area contributed by atoms with Gasteiger partial charge < -0.3 is 21.1 Å². The largest absolute Gasteiger partial charge is 0.375 e. The summed E-state index contributed by atoms with van der Waals surface area (Å²) in [5.41, 5.74) is 12.1. The summed E-state index contributed by atoms with van der Waals surface area (Å²) in [5, 5.41) is 0. The van der Waals surface area contributed by atoms with Crippen LogP contribution in [0.3, 0.4) is 0 Å². The minimum atomic E-state index is -0.469. The Morgan fingerprint density at radius 2 is 2.05 bits per heavy atom. The Balaban J connectivity index is 1.99. The second-order valence-corrected chi connectivity index (χ2v) is 5.19. The summed E-state index contributed by atoms with van der Waals surface area (Å²) < 4.78 is 5.54. The van der Waals surface area contributed by atoms with Crippen molar-refractivity contribution in [1.29, 1.82) is 0 Å². The maximum Gasteiger partial charge on any atom is 0.248 e. The Morgan fingerprint density at radius 1 is 1.32 bits per heavy atom. The minimum absolute atomic E-state index is 0.0667. The number of nitrogens with two attached hydrogens (primary N) is 2. The topological polar surface area (TPSA) is 98.6 Å². The summed E-state index contributed by atoms with van der Waals surface area (Å²) in [6.45, 7) is 2.21. The van der Waals surface area contributed by atoms with E-state index in [4.69, 9.17) is 16.2 Å². The maximum atomic E-state index is 12.2. The number of amides is 2. The van der Waals surface area contributed by atoms with Crippen LogP contribution in [0, 0.1) is 0 Å². The molecule has 118 valence electrons. The van der Waals surface area contributed by atoms with Crippen LogP contribution in [0.25, 0.3) is 6.08 Å². The summed E-state index contributed by atoms with van der Waals surface area (Å²) in [7, 11) is 0. The standard InChI is InChI=1S/C16H21N3O3/c17-10-14-11-19(8-1-9-22-14)15(20)7-4-12-2-5-13(6-3-12)16(18)21/h2-7,14H,1,8-11,17H2,(H2,18,21)/b7-4+. The molecule has 0 aromatic heterocycles. The van der Waals surface area contributed by atoms with Gasteiger partial charge in [-0.2, -0.15) is 0 Å². The number of primary amides is 1. The molecule has 0 saturated carbocycles. The number of ether oxygens (including phenoxy) is 1. The van der Waals surface area contributed by atoms with E-state index in [9.17, 15) is 9.59 Å². The molecule has 1 saturated heterocycles. The van der Waals surface area contributed by atoms with Gasteiger partial charge in [0.2, 0.25) is 11.8 Å². The lowest BCUT2D eigenvalue weighted by Crippen LogP contribution is -2.39. The molecule has 0 bridgehead atoms. The van der Waals surface area contributed by atoms with E-state index in [1.807, 2.05) is 0 Å². The first-order valence-electron chi connectivity index (χ1n) is 7.28. The van der Waals surface area contributed by atoms with Gasteiger partial charge in [-0.1, -0.05) is 12.1 Å². The molecule has 1 fully saturated rings. The predicted octanol–water partition coefficient (Wildman–Crippen LogP) is 0.375. The van der Waals surface area contributed by atoms with Gasteiger partial charge in [0.1, 0.15) is 0 Å². The van der Waals surface area contributed by atoms with Crippen LogP contribution in [0.15, 0.2) is 30.3 Å². The molecule has 1 aliphatic heterocycles.